The first-order chi connectivity index (χ1) is 10.9. The fourth-order valence-electron chi connectivity index (χ4n) is 2.61. The van der Waals surface area contributed by atoms with Gasteiger partial charge in [-0.1, -0.05) is 12.1 Å². The number of fused-ring (bicyclic) bond motifs is 1. The van der Waals surface area contributed by atoms with Gasteiger partial charge in [0.2, 0.25) is 10.0 Å². The number of thiophene rings is 1. The molecule has 0 unspecified atom stereocenters. The van der Waals surface area contributed by atoms with Crippen LogP contribution in [0.4, 0.5) is 0 Å². The Morgan fingerprint density at radius 1 is 1.39 bits per heavy atom. The molecule has 0 atom stereocenters. The third-order valence-electron chi connectivity index (χ3n) is 3.78. The van der Waals surface area contributed by atoms with E-state index in [1.54, 1.807) is 12.1 Å². The summed E-state index contributed by atoms with van der Waals surface area (Å²) in [6, 6.07) is 8.58. The van der Waals surface area contributed by atoms with E-state index >= 15 is 0 Å². The Morgan fingerprint density at radius 3 is 2.83 bits per heavy atom. The summed E-state index contributed by atoms with van der Waals surface area (Å²) >= 11 is 0.892. The highest BCUT2D eigenvalue weighted by atomic mass is 32.2. The van der Waals surface area contributed by atoms with E-state index in [1.165, 1.54) is 15.8 Å². The van der Waals surface area contributed by atoms with Crippen LogP contribution >= 0.6 is 11.3 Å². The van der Waals surface area contributed by atoms with E-state index in [0.29, 0.717) is 12.0 Å². The van der Waals surface area contributed by atoms with Gasteiger partial charge in [0, 0.05) is 18.5 Å². The van der Waals surface area contributed by atoms with Gasteiger partial charge in [-0.25, -0.2) is 13.2 Å². The lowest BCUT2D eigenvalue weighted by Crippen LogP contribution is -2.36. The first-order valence-corrected chi connectivity index (χ1v) is 9.08. The predicted molar refractivity (Wildman–Crippen MR) is 83.7 cm³/mol. The molecule has 6 nitrogen and oxygen atoms in total. The van der Waals surface area contributed by atoms with Crippen molar-refractivity contribution in [1.29, 1.82) is 5.26 Å². The molecule has 0 spiro atoms. The Labute approximate surface area is 137 Å². The number of sulfonamides is 1. The molecule has 1 aliphatic heterocycles. The third kappa shape index (κ3) is 2.74. The van der Waals surface area contributed by atoms with E-state index in [4.69, 9.17) is 10.4 Å². The Bertz CT molecular complexity index is 925. The van der Waals surface area contributed by atoms with Crippen LogP contribution in [0.25, 0.3) is 0 Å². The van der Waals surface area contributed by atoms with Gasteiger partial charge in [0.25, 0.3) is 0 Å². The summed E-state index contributed by atoms with van der Waals surface area (Å²) in [5, 5.41) is 19.4. The topological polar surface area (TPSA) is 98.5 Å². The molecule has 0 fully saturated rings. The molecule has 0 saturated heterocycles. The van der Waals surface area contributed by atoms with Gasteiger partial charge in [-0.05, 0) is 29.7 Å². The number of carbonyl (C=O) groups is 1. The number of nitriles is 1. The van der Waals surface area contributed by atoms with Gasteiger partial charge in [0.05, 0.1) is 16.5 Å². The van der Waals surface area contributed by atoms with Gasteiger partial charge < -0.3 is 5.11 Å². The Morgan fingerprint density at radius 2 is 2.17 bits per heavy atom. The molecule has 1 aliphatic rings. The zero-order chi connectivity index (χ0) is 16.6. The summed E-state index contributed by atoms with van der Waals surface area (Å²) in [5.74, 6) is -1.14. The number of benzene rings is 1. The van der Waals surface area contributed by atoms with Gasteiger partial charge in [-0.3, -0.25) is 0 Å². The number of hydrogen-bond donors (Lipinski definition) is 1. The first-order valence-electron chi connectivity index (χ1n) is 6.76. The quantitative estimate of drug-likeness (QED) is 0.915. The fourth-order valence-corrected chi connectivity index (χ4v) is 5.13. The molecule has 0 bridgehead atoms. The lowest BCUT2D eigenvalue weighted by atomic mass is 9.96. The first kappa shape index (κ1) is 15.7. The summed E-state index contributed by atoms with van der Waals surface area (Å²) in [4.78, 5) is 10.9. The van der Waals surface area contributed by atoms with E-state index < -0.39 is 16.0 Å². The van der Waals surface area contributed by atoms with Gasteiger partial charge in [0.15, 0.2) is 0 Å². The number of nitrogens with zero attached hydrogens (tertiary/aromatic N) is 2. The second-order valence-corrected chi connectivity index (χ2v) is 7.94. The maximum atomic E-state index is 12.7. The zero-order valence-corrected chi connectivity index (χ0v) is 13.5. The van der Waals surface area contributed by atoms with Crippen LogP contribution in [0, 0.1) is 11.3 Å². The van der Waals surface area contributed by atoms with Crippen LogP contribution in [0.5, 0.6) is 0 Å². The number of rotatable bonds is 3. The molecule has 23 heavy (non-hydrogen) atoms. The van der Waals surface area contributed by atoms with Crippen LogP contribution in [0.3, 0.4) is 0 Å². The maximum Gasteiger partial charge on any atom is 0.345 e. The van der Waals surface area contributed by atoms with E-state index in [9.17, 15) is 13.2 Å². The maximum absolute atomic E-state index is 12.7. The van der Waals surface area contributed by atoms with E-state index in [2.05, 4.69) is 6.07 Å². The lowest BCUT2D eigenvalue weighted by Gasteiger charge is -2.28. The largest absolute Gasteiger partial charge is 0.477 e. The van der Waals surface area contributed by atoms with Crippen molar-refractivity contribution in [2.45, 2.75) is 17.9 Å². The molecular weight excluding hydrogens is 336 g/mol. The molecule has 1 aromatic heterocycles. The summed E-state index contributed by atoms with van der Waals surface area (Å²) in [5.41, 5.74) is 2.27. The molecule has 8 heteroatoms. The number of aromatic carboxylic acids is 1. The van der Waals surface area contributed by atoms with Crippen molar-refractivity contribution in [2.24, 2.45) is 0 Å². The lowest BCUT2D eigenvalue weighted by molar-refractivity contribution is 0.0702. The number of hydrogen-bond acceptors (Lipinski definition) is 5. The van der Waals surface area contributed by atoms with Crippen molar-refractivity contribution in [3.63, 3.8) is 0 Å². The molecule has 2 aromatic rings. The molecule has 3 rings (SSSR count). The monoisotopic (exact) mass is 348 g/mol. The molecule has 118 valence electrons. The average Bonchev–Trinajstić information content (AvgIpc) is 3.04. The highest BCUT2D eigenvalue weighted by Crippen LogP contribution is 2.28. The third-order valence-corrected chi connectivity index (χ3v) is 6.67. The molecule has 1 aromatic carbocycles. The van der Waals surface area contributed by atoms with Gasteiger partial charge >= 0.3 is 5.97 Å². The molecule has 0 saturated carbocycles. The van der Waals surface area contributed by atoms with Gasteiger partial charge in [0.1, 0.15) is 4.88 Å². The van der Waals surface area contributed by atoms with Gasteiger partial charge in [-0.15, -0.1) is 11.3 Å². The second kappa shape index (κ2) is 5.77. The van der Waals surface area contributed by atoms with Crippen molar-refractivity contribution >= 4 is 27.3 Å². The van der Waals surface area contributed by atoms with E-state index in [1.807, 2.05) is 6.07 Å². The fraction of sp³-hybridized carbons (Fsp3) is 0.200. The molecule has 1 N–H and O–H groups in total. The summed E-state index contributed by atoms with van der Waals surface area (Å²) in [6.07, 6.45) is 0.466. The molecular formula is C15H12N2O4S2. The van der Waals surface area contributed by atoms with Crippen molar-refractivity contribution in [3.05, 3.63) is 51.2 Å². The number of carboxylic acids is 1. The molecule has 2 heterocycles. The smallest absolute Gasteiger partial charge is 0.345 e. The number of carboxylic acid groups (broad SMARTS) is 1. The highest BCUT2D eigenvalue weighted by Gasteiger charge is 2.30. The molecule has 0 amide bonds. The summed E-state index contributed by atoms with van der Waals surface area (Å²) in [7, 11) is -3.74. The van der Waals surface area contributed by atoms with Gasteiger partial charge in [-0.2, -0.15) is 9.57 Å². The zero-order valence-electron chi connectivity index (χ0n) is 11.9. The molecule has 0 radical (unpaired) electrons. The Balaban J connectivity index is 1.93. The van der Waals surface area contributed by atoms with E-state index in [-0.39, 0.29) is 22.9 Å². The average molecular weight is 348 g/mol. The minimum Gasteiger partial charge on any atom is -0.477 e. The van der Waals surface area contributed by atoms with Crippen LogP contribution in [-0.2, 0) is 23.0 Å². The highest BCUT2D eigenvalue weighted by molar-refractivity contribution is 7.89. The Hall–Kier alpha value is -2.21. The van der Waals surface area contributed by atoms with Crippen LogP contribution < -0.4 is 0 Å². The Kier molecular flexibility index (Phi) is 3.93. The summed E-state index contributed by atoms with van der Waals surface area (Å²) in [6.45, 7) is 0.456. The van der Waals surface area contributed by atoms with Crippen molar-refractivity contribution in [3.8, 4) is 6.07 Å². The standard InChI is InChI=1S/C15H12N2O4S2/c16-7-10-2-1-3-11-8-17(5-4-13(10)11)23(20,21)12-6-14(15(18)19)22-9-12/h1-3,6,9H,4-5,8H2,(H,18,19). The van der Waals surface area contributed by atoms with Crippen LogP contribution in [0.1, 0.15) is 26.4 Å². The SMILES string of the molecule is N#Cc1cccc2c1CCN(S(=O)(=O)c1csc(C(=O)O)c1)C2. The van der Waals surface area contributed by atoms with Crippen molar-refractivity contribution in [1.82, 2.24) is 4.31 Å². The minimum atomic E-state index is -3.74. The molecule has 0 aliphatic carbocycles. The predicted octanol–water partition coefficient (Wildman–Crippen LogP) is 2.06. The van der Waals surface area contributed by atoms with Crippen LogP contribution in [-0.4, -0.2) is 30.3 Å². The van der Waals surface area contributed by atoms with Crippen LogP contribution in [0.15, 0.2) is 34.5 Å². The van der Waals surface area contributed by atoms with E-state index in [0.717, 1.165) is 22.5 Å². The van der Waals surface area contributed by atoms with Crippen molar-refractivity contribution in [2.75, 3.05) is 6.54 Å². The normalized spacial score (nSPS) is 14.9. The minimum absolute atomic E-state index is 0.000196. The van der Waals surface area contributed by atoms with Crippen molar-refractivity contribution < 1.29 is 18.3 Å². The summed E-state index contributed by atoms with van der Waals surface area (Å²) < 4.78 is 26.6. The second-order valence-electron chi connectivity index (χ2n) is 5.10. The van der Waals surface area contributed by atoms with Crippen LogP contribution in [0.2, 0.25) is 0 Å².